The molecule has 3 aromatic rings. The molecule has 0 bridgehead atoms. The van der Waals surface area contributed by atoms with E-state index in [2.05, 4.69) is 10.3 Å². The van der Waals surface area contributed by atoms with Crippen LogP contribution in [0.2, 0.25) is 0 Å². The third kappa shape index (κ3) is 4.52. The third-order valence-corrected chi connectivity index (χ3v) is 5.36. The second-order valence-electron chi connectivity index (χ2n) is 7.62. The number of nitrogens with one attached hydrogen (secondary N) is 2. The first-order chi connectivity index (χ1) is 14.5. The molecule has 2 heterocycles. The van der Waals surface area contributed by atoms with E-state index in [1.165, 1.54) is 24.3 Å². The number of benzene rings is 2. The highest BCUT2D eigenvalue weighted by molar-refractivity contribution is 5.89. The summed E-state index contributed by atoms with van der Waals surface area (Å²) in [6, 6.07) is 12.9. The SMILES string of the molecule is Cc1cccc2cc(CN(C[C@H]3CCCO3)C(=O)Nc3ccc(F)cc3)c(=O)[nH]c12. The second-order valence-corrected chi connectivity index (χ2v) is 7.62. The lowest BCUT2D eigenvalue weighted by atomic mass is 10.1. The number of halogens is 1. The predicted molar refractivity (Wildman–Crippen MR) is 114 cm³/mol. The van der Waals surface area contributed by atoms with Crippen molar-refractivity contribution in [2.75, 3.05) is 18.5 Å². The summed E-state index contributed by atoms with van der Waals surface area (Å²) in [5.41, 5.74) is 2.56. The Morgan fingerprint density at radius 3 is 2.80 bits per heavy atom. The number of aromatic amines is 1. The van der Waals surface area contributed by atoms with E-state index in [4.69, 9.17) is 4.74 Å². The van der Waals surface area contributed by atoms with Crippen LogP contribution >= 0.6 is 0 Å². The molecular formula is C23H24FN3O3. The van der Waals surface area contributed by atoms with Gasteiger partial charge in [-0.3, -0.25) is 4.79 Å². The number of hydrogen-bond donors (Lipinski definition) is 2. The van der Waals surface area contributed by atoms with E-state index < -0.39 is 0 Å². The summed E-state index contributed by atoms with van der Waals surface area (Å²) in [5.74, 6) is -0.373. The molecule has 0 unspecified atom stereocenters. The van der Waals surface area contributed by atoms with Crippen molar-refractivity contribution in [3.63, 3.8) is 0 Å². The summed E-state index contributed by atoms with van der Waals surface area (Å²) < 4.78 is 18.9. The Balaban J connectivity index is 1.59. The summed E-state index contributed by atoms with van der Waals surface area (Å²) in [6.45, 7) is 3.14. The number of aryl methyl sites for hydroxylation is 1. The third-order valence-electron chi connectivity index (χ3n) is 5.36. The molecule has 7 heteroatoms. The van der Waals surface area contributed by atoms with Crippen LogP contribution in [0.5, 0.6) is 0 Å². The Morgan fingerprint density at radius 1 is 1.27 bits per heavy atom. The Kier molecular flexibility index (Phi) is 5.81. The molecule has 0 spiro atoms. The maximum atomic E-state index is 13.2. The average Bonchev–Trinajstić information content (AvgIpc) is 3.24. The average molecular weight is 409 g/mol. The van der Waals surface area contributed by atoms with Crippen molar-refractivity contribution in [1.29, 1.82) is 0 Å². The van der Waals surface area contributed by atoms with Gasteiger partial charge < -0.3 is 19.9 Å². The highest BCUT2D eigenvalue weighted by Crippen LogP contribution is 2.19. The molecule has 0 radical (unpaired) electrons. The molecule has 156 valence electrons. The smallest absolute Gasteiger partial charge is 0.322 e. The number of H-pyrrole nitrogens is 1. The first-order valence-corrected chi connectivity index (χ1v) is 10.0. The van der Waals surface area contributed by atoms with Gasteiger partial charge in [0.25, 0.3) is 5.56 Å². The molecule has 1 fully saturated rings. The number of amides is 2. The number of ether oxygens (including phenoxy) is 1. The highest BCUT2D eigenvalue weighted by Gasteiger charge is 2.24. The normalized spacial score (nSPS) is 16.0. The second kappa shape index (κ2) is 8.67. The van der Waals surface area contributed by atoms with E-state index in [1.54, 1.807) is 4.90 Å². The van der Waals surface area contributed by atoms with Gasteiger partial charge in [-0.25, -0.2) is 9.18 Å². The van der Waals surface area contributed by atoms with Crippen molar-refractivity contribution < 1.29 is 13.9 Å². The zero-order valence-corrected chi connectivity index (χ0v) is 16.8. The molecule has 0 aliphatic carbocycles. The minimum Gasteiger partial charge on any atom is -0.376 e. The molecule has 2 amide bonds. The van der Waals surface area contributed by atoms with Gasteiger partial charge >= 0.3 is 6.03 Å². The van der Waals surface area contributed by atoms with Gasteiger partial charge in [-0.05, 0) is 61.0 Å². The fraction of sp³-hybridized carbons (Fsp3) is 0.304. The molecule has 1 saturated heterocycles. The number of fused-ring (bicyclic) bond motifs is 1. The molecular weight excluding hydrogens is 385 g/mol. The number of carbonyl (C=O) groups is 1. The standard InChI is InChI=1S/C23H24FN3O3/c1-15-4-2-5-16-12-17(22(28)26-21(15)16)13-27(14-20-6-3-11-30-20)23(29)25-19-9-7-18(24)8-10-19/h2,4-5,7-10,12,20H,3,6,11,13-14H2,1H3,(H,25,29)(H,26,28)/t20-/m1/s1. The number of anilines is 1. The summed E-state index contributed by atoms with van der Waals surface area (Å²) in [4.78, 5) is 30.2. The van der Waals surface area contributed by atoms with Crippen LogP contribution in [-0.2, 0) is 11.3 Å². The number of urea groups is 1. The van der Waals surface area contributed by atoms with Crippen molar-refractivity contribution >= 4 is 22.6 Å². The minimum absolute atomic E-state index is 0.0641. The van der Waals surface area contributed by atoms with Crippen LogP contribution in [0.4, 0.5) is 14.9 Å². The van der Waals surface area contributed by atoms with Crippen LogP contribution in [0.15, 0.2) is 53.3 Å². The number of pyridine rings is 1. The first-order valence-electron chi connectivity index (χ1n) is 10.0. The number of nitrogens with zero attached hydrogens (tertiary/aromatic N) is 1. The Hall–Kier alpha value is -3.19. The van der Waals surface area contributed by atoms with Crippen molar-refractivity contribution in [2.24, 2.45) is 0 Å². The molecule has 1 aliphatic rings. The van der Waals surface area contributed by atoms with Gasteiger partial charge in [0.05, 0.1) is 18.2 Å². The predicted octanol–water partition coefficient (Wildman–Crippen LogP) is 4.19. The number of carbonyl (C=O) groups excluding carboxylic acids is 1. The van der Waals surface area contributed by atoms with Gasteiger partial charge in [0.1, 0.15) is 5.82 Å². The maximum absolute atomic E-state index is 13.2. The molecule has 30 heavy (non-hydrogen) atoms. The zero-order chi connectivity index (χ0) is 21.1. The highest BCUT2D eigenvalue weighted by atomic mass is 19.1. The number of para-hydroxylation sites is 1. The van der Waals surface area contributed by atoms with Crippen LogP contribution in [-0.4, -0.2) is 35.2 Å². The van der Waals surface area contributed by atoms with E-state index in [0.29, 0.717) is 24.4 Å². The van der Waals surface area contributed by atoms with Crippen molar-refractivity contribution in [3.8, 4) is 0 Å². The largest absolute Gasteiger partial charge is 0.376 e. The Labute approximate surface area is 173 Å². The van der Waals surface area contributed by atoms with E-state index in [-0.39, 0.29) is 30.1 Å². The topological polar surface area (TPSA) is 74.4 Å². The summed E-state index contributed by atoms with van der Waals surface area (Å²) >= 11 is 0. The van der Waals surface area contributed by atoms with Crippen LogP contribution in [0.25, 0.3) is 10.9 Å². The number of aromatic nitrogens is 1. The van der Waals surface area contributed by atoms with Crippen molar-refractivity contribution in [2.45, 2.75) is 32.4 Å². The van der Waals surface area contributed by atoms with Crippen molar-refractivity contribution in [1.82, 2.24) is 9.88 Å². The van der Waals surface area contributed by atoms with Gasteiger partial charge in [0, 0.05) is 24.4 Å². The summed E-state index contributed by atoms with van der Waals surface area (Å²) in [7, 11) is 0. The molecule has 6 nitrogen and oxygen atoms in total. The molecule has 1 aromatic heterocycles. The van der Waals surface area contributed by atoms with Gasteiger partial charge in [-0.2, -0.15) is 0 Å². The molecule has 0 saturated carbocycles. The molecule has 1 atom stereocenters. The minimum atomic E-state index is -0.373. The maximum Gasteiger partial charge on any atom is 0.322 e. The Bertz CT molecular complexity index is 1100. The lowest BCUT2D eigenvalue weighted by Crippen LogP contribution is -2.40. The number of hydrogen-bond acceptors (Lipinski definition) is 3. The van der Waals surface area contributed by atoms with Crippen LogP contribution < -0.4 is 10.9 Å². The summed E-state index contributed by atoms with van der Waals surface area (Å²) in [6.07, 6.45) is 1.76. The van der Waals surface area contributed by atoms with E-state index >= 15 is 0 Å². The Morgan fingerprint density at radius 2 is 2.07 bits per heavy atom. The van der Waals surface area contributed by atoms with Gasteiger partial charge in [-0.15, -0.1) is 0 Å². The zero-order valence-electron chi connectivity index (χ0n) is 16.8. The lowest BCUT2D eigenvalue weighted by molar-refractivity contribution is 0.0818. The van der Waals surface area contributed by atoms with E-state index in [9.17, 15) is 14.0 Å². The van der Waals surface area contributed by atoms with Gasteiger partial charge in [0.2, 0.25) is 0 Å². The van der Waals surface area contributed by atoms with E-state index in [1.807, 2.05) is 31.2 Å². The lowest BCUT2D eigenvalue weighted by Gasteiger charge is -2.25. The number of rotatable bonds is 5. The summed E-state index contributed by atoms with van der Waals surface area (Å²) in [5, 5.41) is 3.70. The molecule has 2 aromatic carbocycles. The fourth-order valence-corrected chi connectivity index (χ4v) is 3.74. The van der Waals surface area contributed by atoms with Gasteiger partial charge in [0.15, 0.2) is 0 Å². The fourth-order valence-electron chi connectivity index (χ4n) is 3.74. The monoisotopic (exact) mass is 409 g/mol. The van der Waals surface area contributed by atoms with Gasteiger partial charge in [-0.1, -0.05) is 18.2 Å². The van der Waals surface area contributed by atoms with Crippen LogP contribution in [0, 0.1) is 12.7 Å². The quantitative estimate of drug-likeness (QED) is 0.664. The van der Waals surface area contributed by atoms with E-state index in [0.717, 1.165) is 29.3 Å². The van der Waals surface area contributed by atoms with Crippen LogP contribution in [0.1, 0.15) is 24.0 Å². The van der Waals surface area contributed by atoms with Crippen LogP contribution in [0.3, 0.4) is 0 Å². The van der Waals surface area contributed by atoms with Crippen molar-refractivity contribution in [3.05, 3.63) is 75.8 Å². The molecule has 1 aliphatic heterocycles. The first kappa shape index (κ1) is 20.1. The molecule has 2 N–H and O–H groups in total. The molecule has 4 rings (SSSR count).